The maximum atomic E-state index is 9.96. The lowest BCUT2D eigenvalue weighted by molar-refractivity contribution is 0.104. The maximum absolute atomic E-state index is 9.96. The Morgan fingerprint density at radius 2 is 2.30 bits per heavy atom. The van der Waals surface area contributed by atoms with Crippen molar-refractivity contribution in [3.8, 4) is 0 Å². The van der Waals surface area contributed by atoms with E-state index in [1.807, 2.05) is 19.3 Å². The minimum absolute atomic E-state index is 0.186. The van der Waals surface area contributed by atoms with Gasteiger partial charge in [-0.2, -0.15) is 0 Å². The van der Waals surface area contributed by atoms with Crippen LogP contribution in [0.25, 0.3) is 22.1 Å². The van der Waals surface area contributed by atoms with E-state index in [4.69, 9.17) is 0 Å². The molecule has 1 saturated carbocycles. The molecule has 0 amide bonds. The van der Waals surface area contributed by atoms with Gasteiger partial charge in [-0.15, -0.1) is 0 Å². The molecule has 2 N–H and O–H groups in total. The average Bonchev–Trinajstić information content (AvgIpc) is 3.00. The number of aryl methyl sites for hydroxylation is 1. The molecule has 3 aromatic heterocycles. The molecule has 3 heterocycles. The van der Waals surface area contributed by atoms with Gasteiger partial charge in [0.25, 0.3) is 0 Å². The first-order valence-electron chi connectivity index (χ1n) is 7.22. The van der Waals surface area contributed by atoms with Crippen LogP contribution in [0.3, 0.4) is 0 Å². The summed E-state index contributed by atoms with van der Waals surface area (Å²) in [5.41, 5.74) is 2.98. The first-order valence-corrected chi connectivity index (χ1v) is 7.22. The van der Waals surface area contributed by atoms with Gasteiger partial charge >= 0.3 is 0 Å². The van der Waals surface area contributed by atoms with Crippen molar-refractivity contribution in [2.45, 2.75) is 44.8 Å². The van der Waals surface area contributed by atoms with E-state index in [9.17, 15) is 5.11 Å². The van der Waals surface area contributed by atoms with E-state index in [2.05, 4.69) is 25.6 Å². The number of aliphatic hydroxyl groups is 1. The van der Waals surface area contributed by atoms with Crippen molar-refractivity contribution >= 4 is 22.1 Å². The first kappa shape index (κ1) is 11.9. The van der Waals surface area contributed by atoms with E-state index in [1.165, 1.54) is 0 Å². The zero-order chi connectivity index (χ0) is 13.7. The fourth-order valence-corrected chi connectivity index (χ4v) is 3.53. The number of fused-ring (bicyclic) bond motifs is 3. The lowest BCUT2D eigenvalue weighted by Gasteiger charge is -2.28. The van der Waals surface area contributed by atoms with Crippen LogP contribution in [0.4, 0.5) is 0 Å². The predicted molar refractivity (Wildman–Crippen MR) is 77.6 cm³/mol. The molecule has 0 bridgehead atoms. The van der Waals surface area contributed by atoms with Crippen LogP contribution in [-0.2, 0) is 0 Å². The molecule has 5 heteroatoms. The van der Waals surface area contributed by atoms with Gasteiger partial charge in [0.2, 0.25) is 0 Å². The smallest absolute Gasteiger partial charge is 0.139 e. The van der Waals surface area contributed by atoms with Crippen LogP contribution in [0.15, 0.2) is 18.5 Å². The van der Waals surface area contributed by atoms with E-state index in [-0.39, 0.29) is 6.10 Å². The van der Waals surface area contributed by atoms with E-state index in [1.54, 1.807) is 0 Å². The highest BCUT2D eigenvalue weighted by Crippen LogP contribution is 2.34. The molecule has 1 fully saturated rings. The van der Waals surface area contributed by atoms with Crippen LogP contribution in [0.1, 0.15) is 37.5 Å². The Labute approximate surface area is 116 Å². The number of hydrogen-bond donors (Lipinski definition) is 2. The largest absolute Gasteiger partial charge is 0.393 e. The molecular weight excluding hydrogens is 252 g/mol. The Kier molecular flexibility index (Phi) is 2.57. The lowest BCUT2D eigenvalue weighted by Crippen LogP contribution is -2.23. The second kappa shape index (κ2) is 4.31. The molecule has 1 unspecified atom stereocenters. The normalized spacial score (nSPS) is 23.7. The van der Waals surface area contributed by atoms with Crippen molar-refractivity contribution in [2.75, 3.05) is 0 Å². The Hall–Kier alpha value is -1.88. The Morgan fingerprint density at radius 1 is 1.40 bits per heavy atom. The van der Waals surface area contributed by atoms with Crippen molar-refractivity contribution in [3.63, 3.8) is 0 Å². The summed E-state index contributed by atoms with van der Waals surface area (Å²) < 4.78 is 2.30. The Bertz CT molecular complexity index is 773. The van der Waals surface area contributed by atoms with Crippen molar-refractivity contribution < 1.29 is 5.11 Å². The summed E-state index contributed by atoms with van der Waals surface area (Å²) in [4.78, 5) is 12.2. The van der Waals surface area contributed by atoms with E-state index >= 15 is 0 Å². The second-order valence-corrected chi connectivity index (χ2v) is 5.74. The van der Waals surface area contributed by atoms with Gasteiger partial charge in [-0.1, -0.05) is 0 Å². The van der Waals surface area contributed by atoms with E-state index in [0.717, 1.165) is 53.6 Å². The number of aromatic amines is 1. The van der Waals surface area contributed by atoms with Gasteiger partial charge in [-0.05, 0) is 38.7 Å². The summed E-state index contributed by atoms with van der Waals surface area (Å²) in [5, 5.41) is 11.1. The van der Waals surface area contributed by atoms with Crippen LogP contribution in [-0.4, -0.2) is 30.7 Å². The number of H-pyrrole nitrogens is 1. The van der Waals surface area contributed by atoms with Crippen LogP contribution in [0.2, 0.25) is 0 Å². The highest BCUT2D eigenvalue weighted by Gasteiger charge is 2.25. The summed E-state index contributed by atoms with van der Waals surface area (Å²) >= 11 is 0. The first-order chi connectivity index (χ1) is 9.74. The second-order valence-electron chi connectivity index (χ2n) is 5.74. The van der Waals surface area contributed by atoms with E-state index < -0.39 is 0 Å². The summed E-state index contributed by atoms with van der Waals surface area (Å²) in [6.45, 7) is 2.04. The number of nitrogens with one attached hydrogen (secondary N) is 1. The molecule has 20 heavy (non-hydrogen) atoms. The number of hydrogen-bond acceptors (Lipinski definition) is 3. The van der Waals surface area contributed by atoms with Gasteiger partial charge in [-0.3, -0.25) is 0 Å². The molecule has 0 spiro atoms. The molecule has 2 atom stereocenters. The van der Waals surface area contributed by atoms with Crippen LogP contribution in [0, 0.1) is 6.92 Å². The van der Waals surface area contributed by atoms with Crippen molar-refractivity contribution in [3.05, 3.63) is 24.3 Å². The summed E-state index contributed by atoms with van der Waals surface area (Å²) in [5.74, 6) is 1.01. The van der Waals surface area contributed by atoms with Gasteiger partial charge in [0.1, 0.15) is 17.0 Å². The third-order valence-corrected chi connectivity index (χ3v) is 4.39. The zero-order valence-electron chi connectivity index (χ0n) is 11.5. The average molecular weight is 270 g/mol. The van der Waals surface area contributed by atoms with Crippen molar-refractivity contribution in [1.82, 2.24) is 19.5 Å². The highest BCUT2D eigenvalue weighted by atomic mass is 16.3. The monoisotopic (exact) mass is 270 g/mol. The molecule has 3 aromatic rings. The minimum atomic E-state index is -0.186. The molecule has 0 radical (unpaired) electrons. The summed E-state index contributed by atoms with van der Waals surface area (Å²) in [6, 6.07) is 2.39. The number of aliphatic hydroxyl groups excluding tert-OH is 1. The van der Waals surface area contributed by atoms with Crippen LogP contribution < -0.4 is 0 Å². The predicted octanol–water partition coefficient (Wildman–Crippen LogP) is 2.70. The number of aromatic nitrogens is 4. The third-order valence-electron chi connectivity index (χ3n) is 4.39. The topological polar surface area (TPSA) is 66.7 Å². The Balaban J connectivity index is 1.97. The number of imidazole rings is 1. The molecule has 1 aliphatic carbocycles. The zero-order valence-corrected chi connectivity index (χ0v) is 11.5. The highest BCUT2D eigenvalue weighted by molar-refractivity contribution is 6.01. The quantitative estimate of drug-likeness (QED) is 0.714. The standard InChI is InChI=1S/C15H18N4O/c1-9-18-13-8-17-15-12(5-6-16-15)14(13)19(9)10-3-2-4-11(20)7-10/h5-6,8,10-11,20H,2-4,7H2,1H3,(H,16,17)/t10?,11-/m1/s1. The molecule has 4 rings (SSSR count). The number of pyridine rings is 1. The molecule has 5 nitrogen and oxygen atoms in total. The molecule has 0 aromatic carbocycles. The molecule has 104 valence electrons. The maximum Gasteiger partial charge on any atom is 0.139 e. The fraction of sp³-hybridized carbons (Fsp3) is 0.467. The third kappa shape index (κ3) is 1.66. The fourth-order valence-electron chi connectivity index (χ4n) is 3.53. The van der Waals surface area contributed by atoms with Crippen LogP contribution >= 0.6 is 0 Å². The molecule has 1 aliphatic rings. The van der Waals surface area contributed by atoms with E-state index in [0.29, 0.717) is 6.04 Å². The van der Waals surface area contributed by atoms with Gasteiger partial charge in [-0.25, -0.2) is 9.97 Å². The lowest BCUT2D eigenvalue weighted by atomic mass is 9.92. The number of nitrogens with zero attached hydrogens (tertiary/aromatic N) is 3. The van der Waals surface area contributed by atoms with Gasteiger partial charge < -0.3 is 14.7 Å². The minimum Gasteiger partial charge on any atom is -0.393 e. The Morgan fingerprint density at radius 3 is 3.15 bits per heavy atom. The molecule has 0 saturated heterocycles. The molecule has 0 aliphatic heterocycles. The van der Waals surface area contributed by atoms with Gasteiger partial charge in [0.05, 0.1) is 17.8 Å². The van der Waals surface area contributed by atoms with Crippen LogP contribution in [0.5, 0.6) is 0 Å². The SMILES string of the molecule is Cc1nc2cnc3[nH]ccc3c2n1C1CCC[C@@H](O)C1. The van der Waals surface area contributed by atoms with Crippen molar-refractivity contribution in [2.24, 2.45) is 0 Å². The summed E-state index contributed by atoms with van der Waals surface area (Å²) in [6.07, 6.45) is 7.48. The number of rotatable bonds is 1. The van der Waals surface area contributed by atoms with Gasteiger partial charge in [0, 0.05) is 17.6 Å². The van der Waals surface area contributed by atoms with Gasteiger partial charge in [0.15, 0.2) is 0 Å². The summed E-state index contributed by atoms with van der Waals surface area (Å²) in [7, 11) is 0. The van der Waals surface area contributed by atoms with Crippen molar-refractivity contribution in [1.29, 1.82) is 0 Å². The molecular formula is C15H18N4O.